The van der Waals surface area contributed by atoms with Crippen molar-refractivity contribution in [2.24, 2.45) is 5.73 Å². The van der Waals surface area contributed by atoms with Crippen LogP contribution in [0, 0.1) is 0 Å². The molecular weight excluding hydrogens is 476 g/mol. The highest BCUT2D eigenvalue weighted by molar-refractivity contribution is 9.10. The Hall–Kier alpha value is -3.83. The van der Waals surface area contributed by atoms with Crippen molar-refractivity contribution in [3.8, 4) is 5.75 Å². The van der Waals surface area contributed by atoms with E-state index in [-0.39, 0.29) is 17.6 Å². The fraction of sp³-hybridized carbons (Fsp3) is 0.0357. The third kappa shape index (κ3) is 3.16. The molecule has 0 saturated carbocycles. The molecule has 3 N–H and O–H groups in total. The first kappa shape index (κ1) is 19.8. The van der Waals surface area contributed by atoms with Crippen LogP contribution in [-0.4, -0.2) is 10.8 Å². The number of carbonyl (C=O) groups excluding carboxylic acids is 1. The van der Waals surface area contributed by atoms with Gasteiger partial charge in [-0.05, 0) is 40.6 Å². The number of fused-ring (bicyclic) bond motifs is 4. The van der Waals surface area contributed by atoms with Gasteiger partial charge in [0, 0.05) is 38.6 Å². The molecule has 0 radical (unpaired) electrons. The number of allylic oxidation sites excluding steroid dienone is 1. The number of nitrogens with one attached hydrogen (secondary N) is 1. The number of nitrogens with two attached hydrogens (primary N) is 1. The van der Waals surface area contributed by atoms with Crippen LogP contribution in [0.3, 0.4) is 0 Å². The number of Topliss-reactive ketones (excluding diaryl/α,β-unsaturated/α-hetero) is 1. The highest BCUT2D eigenvalue weighted by atomic mass is 79.9. The third-order valence-electron chi connectivity index (χ3n) is 6.25. The molecule has 0 aliphatic carbocycles. The van der Waals surface area contributed by atoms with E-state index in [1.165, 1.54) is 0 Å². The number of ketones is 1. The second kappa shape index (κ2) is 7.64. The third-order valence-corrected chi connectivity index (χ3v) is 6.75. The maximum Gasteiger partial charge on any atom is 0.199 e. The summed E-state index contributed by atoms with van der Waals surface area (Å²) < 4.78 is 7.02. The van der Waals surface area contributed by atoms with Crippen molar-refractivity contribution in [1.29, 1.82) is 0 Å². The number of carbonyl (C=O) groups is 1. The zero-order valence-electron chi connectivity index (χ0n) is 17.5. The van der Waals surface area contributed by atoms with Crippen molar-refractivity contribution in [2.45, 2.75) is 5.92 Å². The molecule has 5 heteroatoms. The van der Waals surface area contributed by atoms with Crippen molar-refractivity contribution in [3.05, 3.63) is 124 Å². The predicted octanol–water partition coefficient (Wildman–Crippen LogP) is 6.66. The van der Waals surface area contributed by atoms with Crippen LogP contribution in [0.4, 0.5) is 0 Å². The van der Waals surface area contributed by atoms with Crippen molar-refractivity contribution in [2.75, 3.05) is 0 Å². The van der Waals surface area contributed by atoms with E-state index in [1.807, 2.05) is 72.8 Å². The van der Waals surface area contributed by atoms with Gasteiger partial charge in [-0.3, -0.25) is 4.79 Å². The second-order valence-corrected chi connectivity index (χ2v) is 9.06. The summed E-state index contributed by atoms with van der Waals surface area (Å²) >= 11 is 3.59. The fourth-order valence-corrected chi connectivity index (χ4v) is 5.21. The average molecular weight is 495 g/mol. The van der Waals surface area contributed by atoms with E-state index in [2.05, 4.69) is 33.0 Å². The van der Waals surface area contributed by atoms with Gasteiger partial charge in [0.15, 0.2) is 11.7 Å². The number of H-pyrrole nitrogens is 1. The van der Waals surface area contributed by atoms with Crippen LogP contribution in [0.2, 0.25) is 0 Å². The molecule has 0 amide bonds. The molecule has 1 aliphatic rings. The van der Waals surface area contributed by atoms with Crippen LogP contribution in [0.1, 0.15) is 27.4 Å². The van der Waals surface area contributed by atoms with E-state index in [1.54, 1.807) is 6.20 Å². The van der Waals surface area contributed by atoms with E-state index in [0.29, 0.717) is 16.9 Å². The van der Waals surface area contributed by atoms with Gasteiger partial charge in [0.05, 0.1) is 5.57 Å². The molecule has 1 aliphatic heterocycles. The molecule has 1 atom stereocenters. The molecular formula is C28H19BrN2O2. The maximum atomic E-state index is 14.1. The number of aromatic nitrogens is 1. The Labute approximate surface area is 198 Å². The van der Waals surface area contributed by atoms with Crippen molar-refractivity contribution in [1.82, 2.24) is 4.98 Å². The summed E-state index contributed by atoms with van der Waals surface area (Å²) in [5, 5.41) is 2.98. The first-order valence-corrected chi connectivity index (χ1v) is 11.5. The molecule has 0 saturated heterocycles. The van der Waals surface area contributed by atoms with Gasteiger partial charge in [0.2, 0.25) is 0 Å². The van der Waals surface area contributed by atoms with Gasteiger partial charge in [0.1, 0.15) is 5.75 Å². The van der Waals surface area contributed by atoms with E-state index in [4.69, 9.17) is 10.5 Å². The number of para-hydroxylation sites is 1. The molecule has 6 rings (SSSR count). The summed E-state index contributed by atoms with van der Waals surface area (Å²) in [6.07, 6.45) is 1.75. The lowest BCUT2D eigenvalue weighted by Gasteiger charge is -2.30. The number of hydrogen-bond acceptors (Lipinski definition) is 3. The lowest BCUT2D eigenvalue weighted by Crippen LogP contribution is -2.26. The van der Waals surface area contributed by atoms with Crippen molar-refractivity contribution >= 4 is 43.4 Å². The Morgan fingerprint density at radius 3 is 2.55 bits per heavy atom. The van der Waals surface area contributed by atoms with Crippen LogP contribution in [0.25, 0.3) is 21.7 Å². The molecule has 2 heterocycles. The molecule has 160 valence electrons. The number of halogens is 1. The van der Waals surface area contributed by atoms with Crippen LogP contribution >= 0.6 is 15.9 Å². The van der Waals surface area contributed by atoms with Gasteiger partial charge in [-0.1, -0.05) is 76.6 Å². The van der Waals surface area contributed by atoms with Crippen LogP contribution in [0.15, 0.2) is 107 Å². The molecule has 33 heavy (non-hydrogen) atoms. The molecule has 4 nitrogen and oxygen atoms in total. The van der Waals surface area contributed by atoms with Gasteiger partial charge in [-0.2, -0.15) is 0 Å². The van der Waals surface area contributed by atoms with Crippen molar-refractivity contribution < 1.29 is 9.53 Å². The summed E-state index contributed by atoms with van der Waals surface area (Å²) in [4.78, 5) is 17.3. The average Bonchev–Trinajstić information content (AvgIpc) is 3.27. The quantitative estimate of drug-likeness (QED) is 0.275. The molecule has 1 aromatic heterocycles. The van der Waals surface area contributed by atoms with E-state index < -0.39 is 0 Å². The number of benzene rings is 4. The zero-order valence-corrected chi connectivity index (χ0v) is 19.1. The molecule has 5 aromatic rings. The summed E-state index contributed by atoms with van der Waals surface area (Å²) in [7, 11) is 0. The van der Waals surface area contributed by atoms with Gasteiger partial charge in [-0.15, -0.1) is 0 Å². The van der Waals surface area contributed by atoms with E-state index in [0.717, 1.165) is 37.3 Å². The minimum Gasteiger partial charge on any atom is -0.441 e. The van der Waals surface area contributed by atoms with Gasteiger partial charge in [-0.25, -0.2) is 0 Å². The Balaban J connectivity index is 1.63. The maximum absolute atomic E-state index is 14.1. The molecule has 0 bridgehead atoms. The Morgan fingerprint density at radius 1 is 0.909 bits per heavy atom. The SMILES string of the molecule is NC1=C(C(=O)c2c[nH]c3ccccc23)C(c2cccc(Br)c2)c2c(ccc3ccccc23)O1. The first-order valence-electron chi connectivity index (χ1n) is 10.7. The van der Waals surface area contributed by atoms with Gasteiger partial charge >= 0.3 is 0 Å². The minimum absolute atomic E-state index is 0.137. The number of aromatic amines is 1. The predicted molar refractivity (Wildman–Crippen MR) is 134 cm³/mol. The highest BCUT2D eigenvalue weighted by Crippen LogP contribution is 2.47. The molecule has 0 fully saturated rings. The summed E-state index contributed by atoms with van der Waals surface area (Å²) in [5.41, 5.74) is 10.3. The summed E-state index contributed by atoms with van der Waals surface area (Å²) in [6.45, 7) is 0. The molecule has 4 aromatic carbocycles. The zero-order chi connectivity index (χ0) is 22.5. The fourth-order valence-electron chi connectivity index (χ4n) is 4.79. The Bertz CT molecular complexity index is 1600. The smallest absolute Gasteiger partial charge is 0.199 e. The standard InChI is InChI=1S/C28H19BrN2O2/c29-18-8-5-7-17(14-18)24-25-19-9-2-1-6-16(19)12-13-23(25)33-28(30)26(24)27(32)21-15-31-22-11-4-3-10-20(21)22/h1-15,24,31H,30H2. The van der Waals surface area contributed by atoms with Gasteiger partial charge in [0.25, 0.3) is 0 Å². The normalized spacial score (nSPS) is 15.5. The number of ether oxygens (including phenoxy) is 1. The van der Waals surface area contributed by atoms with E-state index in [9.17, 15) is 4.79 Å². The Kier molecular flexibility index (Phi) is 4.59. The molecule has 0 spiro atoms. The Morgan fingerprint density at radius 2 is 1.70 bits per heavy atom. The first-order chi connectivity index (χ1) is 16.1. The highest BCUT2D eigenvalue weighted by Gasteiger charge is 2.36. The minimum atomic E-state index is -0.376. The van der Waals surface area contributed by atoms with Gasteiger partial charge < -0.3 is 15.5 Å². The number of hydrogen-bond donors (Lipinski definition) is 2. The molecule has 1 unspecified atom stereocenters. The summed E-state index contributed by atoms with van der Waals surface area (Å²) in [5.74, 6) is 0.289. The van der Waals surface area contributed by atoms with E-state index >= 15 is 0 Å². The van der Waals surface area contributed by atoms with Crippen LogP contribution in [0.5, 0.6) is 5.75 Å². The monoisotopic (exact) mass is 494 g/mol. The summed E-state index contributed by atoms with van der Waals surface area (Å²) in [6, 6.07) is 27.9. The van der Waals surface area contributed by atoms with Crippen LogP contribution < -0.4 is 10.5 Å². The largest absolute Gasteiger partial charge is 0.441 e. The van der Waals surface area contributed by atoms with Crippen molar-refractivity contribution in [3.63, 3.8) is 0 Å². The lowest BCUT2D eigenvalue weighted by atomic mass is 9.78. The van der Waals surface area contributed by atoms with Crippen LogP contribution in [-0.2, 0) is 0 Å². The second-order valence-electron chi connectivity index (χ2n) is 8.14. The topological polar surface area (TPSA) is 68.1 Å². The lowest BCUT2D eigenvalue weighted by molar-refractivity contribution is 0.102. The number of rotatable bonds is 3.